The molecule has 0 aliphatic rings. The van der Waals surface area contributed by atoms with E-state index in [1.54, 1.807) is 0 Å². The second-order valence-electron chi connectivity index (χ2n) is 24.2. The Morgan fingerprint density at radius 3 is 0.765 bits per heavy atom. The topological polar surface area (TPSA) is 87.2 Å². The molecule has 98 heavy (non-hydrogen) atoms. The summed E-state index contributed by atoms with van der Waals surface area (Å²) in [6, 6.07) is 127. The molecule has 0 saturated heterocycles. The third-order valence-electron chi connectivity index (χ3n) is 18.1. The number of rotatable bonds is 12. The molecule has 18 rings (SSSR count). The summed E-state index contributed by atoms with van der Waals surface area (Å²) in [5, 5.41) is 4.89. The first kappa shape index (κ1) is 58.5. The normalized spacial score (nSPS) is 11.3. The zero-order valence-electron chi connectivity index (χ0n) is 53.2. The van der Waals surface area contributed by atoms with Gasteiger partial charge in [0.1, 0.15) is 0 Å². The van der Waals surface area contributed by atoms with Crippen molar-refractivity contribution in [2.45, 2.75) is 0 Å². The maximum atomic E-state index is 5.06. The van der Waals surface area contributed by atoms with E-state index in [2.05, 4.69) is 300 Å². The molecule has 0 aliphatic heterocycles. The highest BCUT2D eigenvalue weighted by Gasteiger charge is 2.20. The van der Waals surface area contributed by atoms with Gasteiger partial charge in [0.25, 0.3) is 0 Å². The van der Waals surface area contributed by atoms with Gasteiger partial charge in [-0.3, -0.25) is 0 Å². The molecule has 4 heterocycles. The maximum absolute atomic E-state index is 5.06. The van der Waals surface area contributed by atoms with Crippen molar-refractivity contribution in [1.29, 1.82) is 0 Å². The van der Waals surface area contributed by atoms with Crippen molar-refractivity contribution in [3.8, 4) is 124 Å². The van der Waals surface area contributed by atoms with Crippen LogP contribution < -0.4 is 0 Å². The van der Waals surface area contributed by atoms with Crippen LogP contribution in [0.1, 0.15) is 0 Å². The lowest BCUT2D eigenvalue weighted by atomic mass is 10.0. The van der Waals surface area contributed by atoms with Crippen molar-refractivity contribution < 1.29 is 0 Å². The molecule has 4 aromatic heterocycles. The Bertz CT molecular complexity index is 5860. The van der Waals surface area contributed by atoms with E-state index in [-0.39, 0.29) is 0 Å². The van der Waals surface area contributed by atoms with Gasteiger partial charge in [0.15, 0.2) is 34.9 Å². The Kier molecular flexibility index (Phi) is 15.5. The quantitative estimate of drug-likeness (QED) is 0.121. The van der Waals surface area contributed by atoms with E-state index in [9.17, 15) is 0 Å². The highest BCUT2D eigenvalue weighted by atomic mass is 15.0. The first-order valence-electron chi connectivity index (χ1n) is 32.9. The Hall–Kier alpha value is -13.3. The third kappa shape index (κ3) is 11.5. The molecule has 0 N–H and O–H groups in total. The Labute approximate surface area is 567 Å². The molecule has 0 atom stereocenters. The summed E-state index contributed by atoms with van der Waals surface area (Å²) >= 11 is 0. The molecule has 0 fully saturated rings. The number of nitrogens with zero attached hydrogens (tertiary/aromatic N) is 8. The maximum Gasteiger partial charge on any atom is 0.164 e. The van der Waals surface area contributed by atoms with Crippen LogP contribution in [0.15, 0.2) is 364 Å². The van der Waals surface area contributed by atoms with E-state index in [4.69, 9.17) is 29.9 Å². The van der Waals surface area contributed by atoms with Gasteiger partial charge < -0.3 is 9.13 Å². The van der Waals surface area contributed by atoms with Gasteiger partial charge in [-0.05, 0) is 117 Å². The minimum absolute atomic E-state index is 0.630. The molecule has 0 amide bonds. The zero-order valence-corrected chi connectivity index (χ0v) is 53.2. The molecule has 0 saturated carbocycles. The largest absolute Gasteiger partial charge is 0.309 e. The van der Waals surface area contributed by atoms with Crippen LogP contribution in [0.25, 0.3) is 168 Å². The number of fused-ring (bicyclic) bond motifs is 6. The standard InChI is InChI=1S/2C45H30N4/c1-4-13-31(14-5-1)33-23-25-35(26-24-33)44-46-43(34-17-8-3-9-18-34)47-45(48-44)37-19-12-20-38(29-37)49-41-22-11-10-21-39(41)40-30-36(27-28-42(40)49)32-15-6-2-7-16-32;1-4-12-31(13-5-1)33-20-22-35(23-21-33)44-46-43(34-16-8-3-9-17-34)47-45(48-44)36-24-27-38(28-25-36)49-41-19-11-10-18-39(41)40-30-37(26-29-42(40)49)32-14-6-2-7-15-32/h2*1-30H. The summed E-state index contributed by atoms with van der Waals surface area (Å²) in [5.41, 5.74) is 21.9. The van der Waals surface area contributed by atoms with E-state index in [0.717, 1.165) is 66.9 Å². The molecule has 0 bridgehead atoms. The van der Waals surface area contributed by atoms with Gasteiger partial charge in [0.05, 0.1) is 22.1 Å². The Morgan fingerprint density at radius 1 is 0.143 bits per heavy atom. The summed E-state index contributed by atoms with van der Waals surface area (Å²) in [5.74, 6) is 3.84. The number of aromatic nitrogens is 8. The highest BCUT2D eigenvalue weighted by Crippen LogP contribution is 2.39. The molecule has 0 spiro atoms. The predicted molar refractivity (Wildman–Crippen MR) is 403 cm³/mol. The average Bonchev–Trinajstić information content (AvgIpc) is 1.60. The summed E-state index contributed by atoms with van der Waals surface area (Å²) in [4.78, 5) is 30.0. The number of hydrogen-bond acceptors (Lipinski definition) is 6. The van der Waals surface area contributed by atoms with E-state index in [1.165, 1.54) is 66.0 Å². The lowest BCUT2D eigenvalue weighted by molar-refractivity contribution is 1.07. The molecule has 0 radical (unpaired) electrons. The Balaban J connectivity index is 0.000000147. The van der Waals surface area contributed by atoms with Gasteiger partial charge in [-0.25, -0.2) is 29.9 Å². The van der Waals surface area contributed by atoms with Crippen LogP contribution in [-0.4, -0.2) is 39.0 Å². The number of para-hydroxylation sites is 2. The zero-order chi connectivity index (χ0) is 65.1. The molecule has 8 heteroatoms. The van der Waals surface area contributed by atoms with Gasteiger partial charge in [-0.1, -0.05) is 291 Å². The smallest absolute Gasteiger partial charge is 0.164 e. The molecule has 18 aromatic rings. The van der Waals surface area contributed by atoms with Crippen LogP contribution in [0.4, 0.5) is 0 Å². The first-order valence-corrected chi connectivity index (χ1v) is 32.9. The van der Waals surface area contributed by atoms with E-state index < -0.39 is 0 Å². The van der Waals surface area contributed by atoms with Crippen LogP contribution in [0.5, 0.6) is 0 Å². The SMILES string of the molecule is c1ccc(-c2ccc(-c3nc(-c4ccccc4)nc(-c4ccc(-n5c6ccccc6c6cc(-c7ccccc7)ccc65)cc4)n3)cc2)cc1.c1ccc(-c2ccc(-c3nc(-c4ccccc4)nc(-c4cccc(-n5c6ccccc6c6cc(-c7ccccc7)ccc65)c4)n3)cc2)cc1. The second kappa shape index (κ2) is 25.9. The van der Waals surface area contributed by atoms with Crippen LogP contribution in [0.3, 0.4) is 0 Å². The predicted octanol–water partition coefficient (Wildman–Crippen LogP) is 22.6. The fraction of sp³-hybridized carbons (Fsp3) is 0. The van der Waals surface area contributed by atoms with Gasteiger partial charge in [0.2, 0.25) is 0 Å². The van der Waals surface area contributed by atoms with Crippen LogP contribution in [0, 0.1) is 0 Å². The molecule has 8 nitrogen and oxygen atoms in total. The van der Waals surface area contributed by atoms with Crippen LogP contribution in [-0.2, 0) is 0 Å². The van der Waals surface area contributed by atoms with Gasteiger partial charge >= 0.3 is 0 Å². The fourth-order valence-electron chi connectivity index (χ4n) is 13.3. The van der Waals surface area contributed by atoms with Gasteiger partial charge in [-0.15, -0.1) is 0 Å². The molecular formula is C90H60N8. The van der Waals surface area contributed by atoms with Crippen molar-refractivity contribution in [3.63, 3.8) is 0 Å². The van der Waals surface area contributed by atoms with E-state index in [0.29, 0.717) is 34.9 Å². The van der Waals surface area contributed by atoms with Crippen molar-refractivity contribution in [1.82, 2.24) is 39.0 Å². The fourth-order valence-corrected chi connectivity index (χ4v) is 13.3. The minimum Gasteiger partial charge on any atom is -0.309 e. The molecule has 0 aliphatic carbocycles. The molecule has 0 unspecified atom stereocenters. The Morgan fingerprint density at radius 2 is 0.388 bits per heavy atom. The van der Waals surface area contributed by atoms with Gasteiger partial charge in [-0.2, -0.15) is 0 Å². The summed E-state index contributed by atoms with van der Waals surface area (Å²) in [7, 11) is 0. The third-order valence-corrected chi connectivity index (χ3v) is 18.1. The average molecular weight is 1250 g/mol. The second-order valence-corrected chi connectivity index (χ2v) is 24.2. The van der Waals surface area contributed by atoms with E-state index in [1.807, 2.05) is 72.8 Å². The van der Waals surface area contributed by atoms with E-state index >= 15 is 0 Å². The summed E-state index contributed by atoms with van der Waals surface area (Å²) < 4.78 is 4.68. The van der Waals surface area contributed by atoms with Crippen LogP contribution in [0.2, 0.25) is 0 Å². The molecular weight excluding hydrogens is 1190 g/mol. The summed E-state index contributed by atoms with van der Waals surface area (Å²) in [6.45, 7) is 0. The first-order chi connectivity index (χ1) is 48.6. The number of hydrogen-bond donors (Lipinski definition) is 0. The lowest BCUT2D eigenvalue weighted by Gasteiger charge is -2.12. The van der Waals surface area contributed by atoms with Crippen LogP contribution >= 0.6 is 0 Å². The molecule has 14 aromatic carbocycles. The summed E-state index contributed by atoms with van der Waals surface area (Å²) in [6.07, 6.45) is 0. The molecule has 460 valence electrons. The van der Waals surface area contributed by atoms with Gasteiger partial charge in [0, 0.05) is 66.3 Å². The minimum atomic E-state index is 0.630. The number of benzene rings is 14. The van der Waals surface area contributed by atoms with Crippen molar-refractivity contribution in [2.75, 3.05) is 0 Å². The van der Waals surface area contributed by atoms with Crippen molar-refractivity contribution >= 4 is 43.6 Å². The highest BCUT2D eigenvalue weighted by molar-refractivity contribution is 6.12. The lowest BCUT2D eigenvalue weighted by Crippen LogP contribution is -2.01. The monoisotopic (exact) mass is 1250 g/mol. The van der Waals surface area contributed by atoms with Crippen molar-refractivity contribution in [3.05, 3.63) is 364 Å². The van der Waals surface area contributed by atoms with Crippen molar-refractivity contribution in [2.24, 2.45) is 0 Å².